The second-order valence-corrected chi connectivity index (χ2v) is 7.58. The van der Waals surface area contributed by atoms with Gasteiger partial charge in [0.25, 0.3) is 0 Å². The van der Waals surface area contributed by atoms with E-state index >= 15 is 0 Å². The summed E-state index contributed by atoms with van der Waals surface area (Å²) in [5, 5.41) is 4.27. The molecule has 0 radical (unpaired) electrons. The van der Waals surface area contributed by atoms with E-state index < -0.39 is 0 Å². The van der Waals surface area contributed by atoms with Crippen molar-refractivity contribution in [2.75, 3.05) is 0 Å². The molecule has 0 atom stereocenters. The molecule has 6 rings (SSSR count). The van der Waals surface area contributed by atoms with Crippen LogP contribution < -0.4 is 0 Å². The number of fused-ring (bicyclic) bond motifs is 2. The molecule has 5 heteroatoms. The molecule has 2 aromatic carbocycles. The van der Waals surface area contributed by atoms with Crippen molar-refractivity contribution in [3.05, 3.63) is 103 Å². The minimum atomic E-state index is 0.971. The number of hydrogen-bond acceptors (Lipinski definition) is 4. The molecule has 0 saturated heterocycles. The van der Waals surface area contributed by atoms with Crippen molar-refractivity contribution in [1.82, 2.24) is 19.9 Å². The molecular formula is C25H18N4S. The van der Waals surface area contributed by atoms with Gasteiger partial charge in [0.15, 0.2) is 0 Å². The second-order valence-electron chi connectivity index (χ2n) is 6.72. The first-order valence-electron chi connectivity index (χ1n) is 9.62. The number of thiazole rings is 1. The molecule has 0 saturated carbocycles. The Balaban J connectivity index is 0.000000161. The van der Waals surface area contributed by atoms with E-state index in [1.54, 1.807) is 17.5 Å². The second kappa shape index (κ2) is 8.27. The number of nitrogens with one attached hydrogen (secondary N) is 1. The summed E-state index contributed by atoms with van der Waals surface area (Å²) in [6.45, 7) is 0. The average Bonchev–Trinajstić information content (AvgIpc) is 3.47. The predicted octanol–water partition coefficient (Wildman–Crippen LogP) is 6.59. The third-order valence-electron chi connectivity index (χ3n) is 4.71. The minimum Gasteiger partial charge on any atom is -0.351 e. The summed E-state index contributed by atoms with van der Waals surface area (Å²) in [6, 6.07) is 28.3. The molecule has 0 unspecified atom stereocenters. The zero-order valence-corrected chi connectivity index (χ0v) is 16.9. The first kappa shape index (κ1) is 18.2. The largest absolute Gasteiger partial charge is 0.351 e. The number of para-hydroxylation sites is 1. The average molecular weight is 407 g/mol. The maximum Gasteiger partial charge on any atom is 0.140 e. The lowest BCUT2D eigenvalue weighted by Gasteiger charge is -1.94. The van der Waals surface area contributed by atoms with Gasteiger partial charge in [-0.1, -0.05) is 54.6 Å². The van der Waals surface area contributed by atoms with Crippen molar-refractivity contribution in [3.63, 3.8) is 0 Å². The van der Waals surface area contributed by atoms with Crippen molar-refractivity contribution in [2.45, 2.75) is 0 Å². The summed E-state index contributed by atoms with van der Waals surface area (Å²) in [6.07, 6.45) is 3.61. The van der Waals surface area contributed by atoms with Gasteiger partial charge in [0.2, 0.25) is 0 Å². The van der Waals surface area contributed by atoms with Crippen LogP contribution in [0.3, 0.4) is 0 Å². The number of aromatic amines is 1. The highest BCUT2D eigenvalue weighted by Gasteiger charge is 2.09. The molecule has 0 bridgehead atoms. The number of aromatic nitrogens is 4. The van der Waals surface area contributed by atoms with Crippen LogP contribution in [0.1, 0.15) is 0 Å². The Kier molecular flexibility index (Phi) is 5.02. The van der Waals surface area contributed by atoms with Gasteiger partial charge in [0.05, 0.1) is 27.9 Å². The lowest BCUT2D eigenvalue weighted by Crippen LogP contribution is -1.78. The molecule has 0 fully saturated rings. The minimum absolute atomic E-state index is 0.971. The smallest absolute Gasteiger partial charge is 0.140 e. The number of hydrogen-bond donors (Lipinski definition) is 1. The Labute approximate surface area is 177 Å². The number of nitrogens with zero attached hydrogens (tertiary/aromatic N) is 3. The van der Waals surface area contributed by atoms with Gasteiger partial charge in [-0.3, -0.25) is 9.97 Å². The van der Waals surface area contributed by atoms with Crippen LogP contribution in [0.15, 0.2) is 103 Å². The van der Waals surface area contributed by atoms with Crippen LogP contribution in [0.2, 0.25) is 0 Å². The first-order chi connectivity index (χ1) is 14.9. The number of pyridine rings is 2. The number of H-pyrrole nitrogens is 1. The van der Waals surface area contributed by atoms with Gasteiger partial charge >= 0.3 is 0 Å². The van der Waals surface area contributed by atoms with Crippen LogP contribution in [-0.4, -0.2) is 19.9 Å². The summed E-state index contributed by atoms with van der Waals surface area (Å²) in [7, 11) is 0. The van der Waals surface area contributed by atoms with Gasteiger partial charge in [-0.25, -0.2) is 4.98 Å². The fraction of sp³-hybridized carbons (Fsp3) is 0. The quantitative estimate of drug-likeness (QED) is 0.353. The summed E-state index contributed by atoms with van der Waals surface area (Å²) < 4.78 is 0. The topological polar surface area (TPSA) is 54.5 Å². The molecule has 0 aliphatic carbocycles. The van der Waals surface area contributed by atoms with E-state index in [9.17, 15) is 0 Å². The van der Waals surface area contributed by atoms with Gasteiger partial charge in [0, 0.05) is 28.7 Å². The molecule has 0 spiro atoms. The van der Waals surface area contributed by atoms with Crippen molar-refractivity contribution in [1.29, 1.82) is 0 Å². The number of rotatable bonds is 2. The Morgan fingerprint density at radius 1 is 0.700 bits per heavy atom. The Morgan fingerprint density at radius 2 is 1.43 bits per heavy atom. The predicted molar refractivity (Wildman–Crippen MR) is 124 cm³/mol. The zero-order valence-electron chi connectivity index (χ0n) is 16.1. The third kappa shape index (κ3) is 3.83. The normalized spacial score (nSPS) is 10.7. The zero-order chi connectivity index (χ0) is 20.2. The fourth-order valence-electron chi connectivity index (χ4n) is 3.23. The van der Waals surface area contributed by atoms with Gasteiger partial charge in [0.1, 0.15) is 5.01 Å². The summed E-state index contributed by atoms with van der Waals surface area (Å²) in [4.78, 5) is 16.6. The van der Waals surface area contributed by atoms with E-state index in [1.807, 2.05) is 66.9 Å². The highest BCUT2D eigenvalue weighted by Crippen LogP contribution is 2.29. The van der Waals surface area contributed by atoms with Crippen LogP contribution in [0.4, 0.5) is 0 Å². The summed E-state index contributed by atoms with van der Waals surface area (Å²) in [5.74, 6) is 0. The summed E-state index contributed by atoms with van der Waals surface area (Å²) >= 11 is 1.64. The SMILES string of the molecule is c1ccc(-c2csc(-c3cc4ncccc4[nH]3)n2)cc1.c1ccc2ncccc2c1. The molecule has 4 nitrogen and oxygen atoms in total. The van der Waals surface area contributed by atoms with Crippen LogP contribution in [0.25, 0.3) is 43.9 Å². The van der Waals surface area contributed by atoms with E-state index in [4.69, 9.17) is 4.98 Å². The Hall–Kier alpha value is -3.83. The number of benzene rings is 2. The molecular weight excluding hydrogens is 388 g/mol. The van der Waals surface area contributed by atoms with Gasteiger partial charge in [-0.15, -0.1) is 11.3 Å². The maximum absolute atomic E-state index is 4.71. The van der Waals surface area contributed by atoms with E-state index in [2.05, 4.69) is 44.6 Å². The van der Waals surface area contributed by atoms with Crippen LogP contribution in [-0.2, 0) is 0 Å². The van der Waals surface area contributed by atoms with Gasteiger partial charge in [-0.2, -0.15) is 0 Å². The molecule has 4 heterocycles. The first-order valence-corrected chi connectivity index (χ1v) is 10.5. The molecule has 30 heavy (non-hydrogen) atoms. The summed E-state index contributed by atoms with van der Waals surface area (Å²) in [5.41, 5.74) is 6.25. The van der Waals surface area contributed by atoms with E-state index in [0.717, 1.165) is 38.5 Å². The van der Waals surface area contributed by atoms with Crippen molar-refractivity contribution >= 4 is 33.3 Å². The van der Waals surface area contributed by atoms with Gasteiger partial charge < -0.3 is 4.98 Å². The van der Waals surface area contributed by atoms with Crippen LogP contribution in [0.5, 0.6) is 0 Å². The lowest BCUT2D eigenvalue weighted by atomic mass is 10.2. The highest BCUT2D eigenvalue weighted by atomic mass is 32.1. The van der Waals surface area contributed by atoms with E-state index in [-0.39, 0.29) is 0 Å². The fourth-order valence-corrected chi connectivity index (χ4v) is 4.03. The molecule has 144 valence electrons. The standard InChI is InChI=1S/C16H11N3S.C9H7N/c1-2-5-11(6-3-1)15-10-20-16(19-15)14-9-13-12(18-14)7-4-8-17-13;1-2-6-9-8(4-1)5-3-7-10-9/h1-10,18H;1-7H. The van der Waals surface area contributed by atoms with E-state index in [0.29, 0.717) is 0 Å². The van der Waals surface area contributed by atoms with E-state index in [1.165, 1.54) is 5.39 Å². The van der Waals surface area contributed by atoms with Crippen LogP contribution >= 0.6 is 11.3 Å². The van der Waals surface area contributed by atoms with Gasteiger partial charge in [-0.05, 0) is 30.3 Å². The lowest BCUT2D eigenvalue weighted by molar-refractivity contribution is 1.36. The molecule has 0 aliphatic rings. The third-order valence-corrected chi connectivity index (χ3v) is 5.58. The Bertz CT molecular complexity index is 1300. The molecule has 4 aromatic heterocycles. The van der Waals surface area contributed by atoms with Crippen LogP contribution in [0, 0.1) is 0 Å². The molecule has 6 aromatic rings. The molecule has 0 amide bonds. The maximum atomic E-state index is 4.71. The van der Waals surface area contributed by atoms with Crippen molar-refractivity contribution in [3.8, 4) is 22.0 Å². The van der Waals surface area contributed by atoms with Crippen molar-refractivity contribution < 1.29 is 0 Å². The Morgan fingerprint density at radius 3 is 2.27 bits per heavy atom. The highest BCUT2D eigenvalue weighted by molar-refractivity contribution is 7.13. The molecule has 0 aliphatic heterocycles. The molecule has 1 N–H and O–H groups in total. The van der Waals surface area contributed by atoms with Crippen molar-refractivity contribution in [2.24, 2.45) is 0 Å². The monoisotopic (exact) mass is 406 g/mol.